The summed E-state index contributed by atoms with van der Waals surface area (Å²) in [6, 6.07) is 7.54. The molecule has 1 fully saturated rings. The second-order valence-electron chi connectivity index (χ2n) is 8.14. The Bertz CT molecular complexity index is 885. The predicted octanol–water partition coefficient (Wildman–Crippen LogP) is 3.85. The first-order valence-corrected chi connectivity index (χ1v) is 10.6. The third-order valence-electron chi connectivity index (χ3n) is 5.82. The first kappa shape index (κ1) is 21.4. The molecule has 0 spiro atoms. The quantitative estimate of drug-likeness (QED) is 0.805. The summed E-state index contributed by atoms with van der Waals surface area (Å²) in [5, 5.41) is 8.10. The Hall–Kier alpha value is -2.34. The van der Waals surface area contributed by atoms with Gasteiger partial charge in [-0.2, -0.15) is 5.10 Å². The van der Waals surface area contributed by atoms with Crippen molar-refractivity contribution in [3.8, 4) is 5.69 Å². The number of likely N-dealkylation sites (tertiary alicyclic amines) is 1. The van der Waals surface area contributed by atoms with E-state index in [0.29, 0.717) is 42.4 Å². The van der Waals surface area contributed by atoms with E-state index in [1.54, 1.807) is 16.9 Å². The summed E-state index contributed by atoms with van der Waals surface area (Å²) in [6.45, 7) is 9.26. The molecule has 3 rings (SSSR count). The third kappa shape index (κ3) is 4.81. The van der Waals surface area contributed by atoms with Gasteiger partial charge in [0, 0.05) is 30.1 Å². The molecule has 1 saturated heterocycles. The van der Waals surface area contributed by atoms with Crippen molar-refractivity contribution in [2.45, 2.75) is 46.6 Å². The van der Waals surface area contributed by atoms with E-state index in [-0.39, 0.29) is 23.8 Å². The van der Waals surface area contributed by atoms with Gasteiger partial charge in [0.05, 0.1) is 23.1 Å². The van der Waals surface area contributed by atoms with Crippen LogP contribution in [0.15, 0.2) is 30.5 Å². The van der Waals surface area contributed by atoms with Crippen LogP contribution in [0.1, 0.15) is 49.7 Å². The van der Waals surface area contributed by atoms with E-state index in [4.69, 9.17) is 11.6 Å². The maximum atomic E-state index is 13.0. The van der Waals surface area contributed by atoms with Gasteiger partial charge in [0.1, 0.15) is 0 Å². The topological polar surface area (TPSA) is 67.2 Å². The summed E-state index contributed by atoms with van der Waals surface area (Å²) in [5.41, 5.74) is 2.19. The van der Waals surface area contributed by atoms with Gasteiger partial charge < -0.3 is 10.2 Å². The number of nitrogens with zero attached hydrogens (tertiary/aromatic N) is 3. The number of hydrogen-bond donors (Lipinski definition) is 1. The van der Waals surface area contributed by atoms with Gasteiger partial charge in [0.15, 0.2) is 0 Å². The highest BCUT2D eigenvalue weighted by Crippen LogP contribution is 2.23. The van der Waals surface area contributed by atoms with Crippen molar-refractivity contribution in [1.29, 1.82) is 0 Å². The molecule has 0 aliphatic carbocycles. The Labute approximate surface area is 177 Å². The van der Waals surface area contributed by atoms with Gasteiger partial charge in [0.25, 0.3) is 5.91 Å². The van der Waals surface area contributed by atoms with E-state index in [0.717, 1.165) is 11.4 Å². The number of amides is 2. The minimum Gasteiger partial charge on any atom is -0.353 e. The third-order valence-corrected chi connectivity index (χ3v) is 6.05. The van der Waals surface area contributed by atoms with Crippen molar-refractivity contribution in [2.75, 3.05) is 13.1 Å². The predicted molar refractivity (Wildman–Crippen MR) is 114 cm³/mol. The summed E-state index contributed by atoms with van der Waals surface area (Å²) < 4.78 is 1.73. The smallest absolute Gasteiger partial charge is 0.257 e. The second kappa shape index (κ2) is 8.99. The molecule has 0 saturated carbocycles. The molecule has 1 aromatic heterocycles. The van der Waals surface area contributed by atoms with E-state index in [1.165, 1.54) is 0 Å². The summed E-state index contributed by atoms with van der Waals surface area (Å²) in [6.07, 6.45) is 2.98. The Balaban J connectivity index is 1.64. The molecular formula is C22H29ClN4O2. The van der Waals surface area contributed by atoms with Crippen LogP contribution >= 0.6 is 11.6 Å². The minimum atomic E-state index is -0.0369. The molecule has 0 bridgehead atoms. The van der Waals surface area contributed by atoms with Crippen LogP contribution in [0.3, 0.4) is 0 Å². The Morgan fingerprint density at radius 3 is 2.52 bits per heavy atom. The Morgan fingerprint density at radius 2 is 1.90 bits per heavy atom. The molecule has 29 heavy (non-hydrogen) atoms. The standard InChI is InChI=1S/C22H29ClN4O2/c1-14(2)15(3)25-21(28)17-8-10-26(11-9-17)22(29)20-13-24-27(16(20)4)19-7-5-6-18(23)12-19/h5-7,12-15,17H,8-11H2,1-4H3,(H,25,28). The van der Waals surface area contributed by atoms with Crippen LogP contribution in [0.2, 0.25) is 5.02 Å². The highest BCUT2D eigenvalue weighted by atomic mass is 35.5. The lowest BCUT2D eigenvalue weighted by Crippen LogP contribution is -2.45. The van der Waals surface area contributed by atoms with Gasteiger partial charge in [-0.1, -0.05) is 31.5 Å². The second-order valence-corrected chi connectivity index (χ2v) is 8.58. The zero-order valence-electron chi connectivity index (χ0n) is 17.5. The maximum Gasteiger partial charge on any atom is 0.257 e. The molecule has 2 amide bonds. The van der Waals surface area contributed by atoms with Crippen LogP contribution in [-0.4, -0.2) is 45.6 Å². The summed E-state index contributed by atoms with van der Waals surface area (Å²) in [7, 11) is 0. The lowest BCUT2D eigenvalue weighted by atomic mass is 9.94. The largest absolute Gasteiger partial charge is 0.353 e. The molecule has 1 aliphatic heterocycles. The summed E-state index contributed by atoms with van der Waals surface area (Å²) in [5.74, 6) is 0.434. The number of carbonyl (C=O) groups excluding carboxylic acids is 2. The molecule has 0 radical (unpaired) electrons. The number of aromatic nitrogens is 2. The average molecular weight is 417 g/mol. The zero-order chi connectivity index (χ0) is 21.1. The number of nitrogens with one attached hydrogen (secondary N) is 1. The maximum absolute atomic E-state index is 13.0. The highest BCUT2D eigenvalue weighted by molar-refractivity contribution is 6.30. The average Bonchev–Trinajstić information content (AvgIpc) is 3.08. The molecule has 1 aliphatic rings. The SMILES string of the molecule is Cc1c(C(=O)N2CCC(C(=O)NC(C)C(C)C)CC2)cnn1-c1cccc(Cl)c1. The molecule has 1 aromatic carbocycles. The molecule has 7 heteroatoms. The fourth-order valence-corrected chi connectivity index (χ4v) is 3.70. The van der Waals surface area contributed by atoms with Crippen LogP contribution in [-0.2, 0) is 4.79 Å². The molecule has 1 unspecified atom stereocenters. The van der Waals surface area contributed by atoms with Crippen molar-refractivity contribution >= 4 is 23.4 Å². The number of benzene rings is 1. The van der Waals surface area contributed by atoms with Gasteiger partial charge in [-0.15, -0.1) is 0 Å². The summed E-state index contributed by atoms with van der Waals surface area (Å²) in [4.78, 5) is 27.3. The fraction of sp³-hybridized carbons (Fsp3) is 0.500. The number of hydrogen-bond acceptors (Lipinski definition) is 3. The Kier molecular flexibility index (Phi) is 6.63. The lowest BCUT2D eigenvalue weighted by molar-refractivity contribution is -0.127. The van der Waals surface area contributed by atoms with Crippen molar-refractivity contribution in [3.05, 3.63) is 46.7 Å². The monoisotopic (exact) mass is 416 g/mol. The minimum absolute atomic E-state index is 0.0319. The molecule has 1 N–H and O–H groups in total. The normalized spacial score (nSPS) is 16.1. The highest BCUT2D eigenvalue weighted by Gasteiger charge is 2.30. The fourth-order valence-electron chi connectivity index (χ4n) is 3.51. The van der Waals surface area contributed by atoms with Crippen molar-refractivity contribution in [1.82, 2.24) is 20.0 Å². The van der Waals surface area contributed by atoms with Gasteiger partial charge >= 0.3 is 0 Å². The molecule has 156 valence electrons. The van der Waals surface area contributed by atoms with E-state index >= 15 is 0 Å². The van der Waals surface area contributed by atoms with Crippen LogP contribution in [0.5, 0.6) is 0 Å². The van der Waals surface area contributed by atoms with Crippen LogP contribution in [0.4, 0.5) is 0 Å². The zero-order valence-corrected chi connectivity index (χ0v) is 18.2. The van der Waals surface area contributed by atoms with Crippen molar-refractivity contribution in [2.24, 2.45) is 11.8 Å². The molecule has 2 aromatic rings. The summed E-state index contributed by atoms with van der Waals surface area (Å²) >= 11 is 6.08. The van der Waals surface area contributed by atoms with E-state index < -0.39 is 0 Å². The number of rotatable bonds is 5. The van der Waals surface area contributed by atoms with Crippen LogP contribution < -0.4 is 5.32 Å². The van der Waals surface area contributed by atoms with Gasteiger partial charge in [0.2, 0.25) is 5.91 Å². The van der Waals surface area contributed by atoms with E-state index in [9.17, 15) is 9.59 Å². The molecule has 6 nitrogen and oxygen atoms in total. The van der Waals surface area contributed by atoms with E-state index in [1.807, 2.05) is 36.9 Å². The van der Waals surface area contributed by atoms with Gasteiger partial charge in [-0.25, -0.2) is 4.68 Å². The molecular weight excluding hydrogens is 388 g/mol. The number of carbonyl (C=O) groups is 2. The molecule has 2 heterocycles. The first-order chi connectivity index (χ1) is 13.8. The Morgan fingerprint density at radius 1 is 1.21 bits per heavy atom. The molecule has 1 atom stereocenters. The number of halogens is 1. The first-order valence-electron chi connectivity index (χ1n) is 10.2. The van der Waals surface area contributed by atoms with Crippen LogP contribution in [0, 0.1) is 18.8 Å². The van der Waals surface area contributed by atoms with Gasteiger partial charge in [-0.3, -0.25) is 9.59 Å². The number of piperidine rings is 1. The van der Waals surface area contributed by atoms with Crippen molar-refractivity contribution in [3.63, 3.8) is 0 Å². The van der Waals surface area contributed by atoms with Crippen LogP contribution in [0.25, 0.3) is 5.69 Å². The lowest BCUT2D eigenvalue weighted by Gasteiger charge is -2.32. The van der Waals surface area contributed by atoms with E-state index in [2.05, 4.69) is 24.3 Å². The van der Waals surface area contributed by atoms with Gasteiger partial charge in [-0.05, 0) is 50.8 Å². The van der Waals surface area contributed by atoms with Crippen molar-refractivity contribution < 1.29 is 9.59 Å².